The summed E-state index contributed by atoms with van der Waals surface area (Å²) >= 11 is 0. The monoisotopic (exact) mass is 126 g/mol. The standard InChI is InChI=1S/C7H14N2/c1-9-4-5-2-3-6(9)7(5)8/h5-7H,2-4,8H2,1H3/t5-,6-,7-/m0/s1. The van der Waals surface area contributed by atoms with Crippen LogP contribution in [-0.4, -0.2) is 30.6 Å². The molecule has 1 aliphatic carbocycles. The fourth-order valence-electron chi connectivity index (χ4n) is 2.32. The first-order valence-corrected chi connectivity index (χ1v) is 3.75. The highest BCUT2D eigenvalue weighted by Gasteiger charge is 2.42. The van der Waals surface area contributed by atoms with E-state index in [2.05, 4.69) is 11.9 Å². The summed E-state index contributed by atoms with van der Waals surface area (Å²) in [7, 11) is 2.18. The van der Waals surface area contributed by atoms with Gasteiger partial charge in [0.05, 0.1) is 0 Å². The van der Waals surface area contributed by atoms with E-state index < -0.39 is 0 Å². The molecule has 0 radical (unpaired) electrons. The van der Waals surface area contributed by atoms with E-state index in [0.717, 1.165) is 12.0 Å². The lowest BCUT2D eigenvalue weighted by Crippen LogP contribution is -2.34. The molecule has 0 unspecified atom stereocenters. The highest BCUT2D eigenvalue weighted by Crippen LogP contribution is 2.35. The van der Waals surface area contributed by atoms with Crippen molar-refractivity contribution >= 4 is 0 Å². The van der Waals surface area contributed by atoms with Crippen LogP contribution in [0.3, 0.4) is 0 Å². The highest BCUT2D eigenvalue weighted by atomic mass is 15.2. The first-order valence-electron chi connectivity index (χ1n) is 3.75. The van der Waals surface area contributed by atoms with Crippen LogP contribution in [-0.2, 0) is 0 Å². The lowest BCUT2D eigenvalue weighted by atomic mass is 10.1. The van der Waals surface area contributed by atoms with Gasteiger partial charge in [-0.3, -0.25) is 0 Å². The van der Waals surface area contributed by atoms with E-state index in [1.807, 2.05) is 0 Å². The van der Waals surface area contributed by atoms with E-state index >= 15 is 0 Å². The van der Waals surface area contributed by atoms with Gasteiger partial charge in [0.25, 0.3) is 0 Å². The van der Waals surface area contributed by atoms with Crippen molar-refractivity contribution in [2.75, 3.05) is 13.6 Å². The fraction of sp³-hybridized carbons (Fsp3) is 1.00. The molecule has 2 rings (SSSR count). The Kier molecular flexibility index (Phi) is 1.08. The molecule has 2 fully saturated rings. The Balaban J connectivity index is 2.16. The van der Waals surface area contributed by atoms with Gasteiger partial charge in [0.2, 0.25) is 0 Å². The topological polar surface area (TPSA) is 29.3 Å². The molecule has 3 atom stereocenters. The molecule has 2 heteroatoms. The first kappa shape index (κ1) is 5.69. The molecule has 0 spiro atoms. The van der Waals surface area contributed by atoms with Crippen molar-refractivity contribution in [3.05, 3.63) is 0 Å². The number of hydrogen-bond donors (Lipinski definition) is 1. The van der Waals surface area contributed by atoms with Crippen LogP contribution in [0, 0.1) is 5.92 Å². The SMILES string of the molecule is CN1C[C@@H]2CC[C@H]1[C@H]2N. The molecule has 0 aromatic carbocycles. The van der Waals surface area contributed by atoms with Gasteiger partial charge in [0, 0.05) is 18.6 Å². The Labute approximate surface area is 56.0 Å². The molecular formula is C7H14N2. The Morgan fingerprint density at radius 2 is 2.22 bits per heavy atom. The second-order valence-electron chi connectivity index (χ2n) is 3.42. The Morgan fingerprint density at radius 1 is 1.44 bits per heavy atom. The lowest BCUT2D eigenvalue weighted by Gasteiger charge is -2.21. The van der Waals surface area contributed by atoms with Crippen LogP contribution in [0.2, 0.25) is 0 Å². The molecule has 2 bridgehead atoms. The average Bonchev–Trinajstić information content (AvgIpc) is 2.25. The zero-order valence-electron chi connectivity index (χ0n) is 5.88. The minimum atomic E-state index is 0.495. The van der Waals surface area contributed by atoms with E-state index in [9.17, 15) is 0 Å². The third-order valence-corrected chi connectivity index (χ3v) is 2.91. The lowest BCUT2D eigenvalue weighted by molar-refractivity contribution is 0.259. The molecule has 0 aromatic rings. The minimum absolute atomic E-state index is 0.495. The van der Waals surface area contributed by atoms with Gasteiger partial charge in [-0.1, -0.05) is 0 Å². The second kappa shape index (κ2) is 1.70. The summed E-state index contributed by atoms with van der Waals surface area (Å²) in [5.41, 5.74) is 5.93. The Morgan fingerprint density at radius 3 is 2.44 bits per heavy atom. The Bertz CT molecular complexity index is 124. The van der Waals surface area contributed by atoms with Crippen LogP contribution in [0.5, 0.6) is 0 Å². The van der Waals surface area contributed by atoms with Gasteiger partial charge < -0.3 is 10.6 Å². The molecule has 1 heterocycles. The van der Waals surface area contributed by atoms with Gasteiger partial charge in [-0.15, -0.1) is 0 Å². The largest absolute Gasteiger partial charge is 0.326 e. The van der Waals surface area contributed by atoms with Crippen molar-refractivity contribution in [2.24, 2.45) is 11.7 Å². The summed E-state index contributed by atoms with van der Waals surface area (Å²) in [6.45, 7) is 1.24. The van der Waals surface area contributed by atoms with Crippen LogP contribution >= 0.6 is 0 Å². The van der Waals surface area contributed by atoms with Gasteiger partial charge in [-0.05, 0) is 25.8 Å². The summed E-state index contributed by atoms with van der Waals surface area (Å²) in [5.74, 6) is 0.819. The van der Waals surface area contributed by atoms with Crippen LogP contribution in [0.1, 0.15) is 12.8 Å². The number of piperidine rings is 1. The van der Waals surface area contributed by atoms with E-state index in [0.29, 0.717) is 6.04 Å². The molecule has 1 aliphatic heterocycles. The van der Waals surface area contributed by atoms with E-state index in [1.165, 1.54) is 19.4 Å². The van der Waals surface area contributed by atoms with Crippen LogP contribution in [0.4, 0.5) is 0 Å². The van der Waals surface area contributed by atoms with Crippen LogP contribution in [0.25, 0.3) is 0 Å². The molecule has 9 heavy (non-hydrogen) atoms. The molecule has 2 nitrogen and oxygen atoms in total. The predicted octanol–water partition coefficient (Wildman–Crippen LogP) is 0.0377. The molecule has 1 saturated carbocycles. The summed E-state index contributed by atoms with van der Waals surface area (Å²) in [6, 6.07) is 1.21. The smallest absolute Gasteiger partial charge is 0.0247 e. The molecule has 0 aromatic heterocycles. The fourth-order valence-corrected chi connectivity index (χ4v) is 2.32. The maximum atomic E-state index is 5.93. The second-order valence-corrected chi connectivity index (χ2v) is 3.42. The van der Waals surface area contributed by atoms with Gasteiger partial charge in [-0.25, -0.2) is 0 Å². The number of nitrogens with zero attached hydrogens (tertiary/aromatic N) is 1. The van der Waals surface area contributed by atoms with Crippen molar-refractivity contribution in [3.63, 3.8) is 0 Å². The van der Waals surface area contributed by atoms with E-state index in [4.69, 9.17) is 5.73 Å². The molecule has 0 amide bonds. The summed E-state index contributed by atoms with van der Waals surface area (Å²) in [6.07, 6.45) is 2.71. The quantitative estimate of drug-likeness (QED) is 0.496. The number of likely N-dealkylation sites (N-methyl/N-ethyl adjacent to an activating group) is 1. The molecule has 1 saturated heterocycles. The molecule has 2 aliphatic rings. The number of nitrogens with two attached hydrogens (primary N) is 1. The van der Waals surface area contributed by atoms with Crippen LogP contribution < -0.4 is 5.73 Å². The van der Waals surface area contributed by atoms with Crippen molar-refractivity contribution in [1.82, 2.24) is 4.90 Å². The predicted molar refractivity (Wildman–Crippen MR) is 37.1 cm³/mol. The highest BCUT2D eigenvalue weighted by molar-refractivity contribution is 5.00. The van der Waals surface area contributed by atoms with Crippen molar-refractivity contribution < 1.29 is 0 Å². The van der Waals surface area contributed by atoms with Gasteiger partial charge in [0.1, 0.15) is 0 Å². The van der Waals surface area contributed by atoms with Gasteiger partial charge in [-0.2, -0.15) is 0 Å². The van der Waals surface area contributed by atoms with Crippen molar-refractivity contribution in [2.45, 2.75) is 24.9 Å². The van der Waals surface area contributed by atoms with Gasteiger partial charge in [0.15, 0.2) is 0 Å². The minimum Gasteiger partial charge on any atom is -0.326 e. The van der Waals surface area contributed by atoms with Crippen LogP contribution in [0.15, 0.2) is 0 Å². The normalized spacial score (nSPS) is 50.7. The zero-order chi connectivity index (χ0) is 6.43. The first-order chi connectivity index (χ1) is 4.29. The number of fused-ring (bicyclic) bond motifs is 2. The number of hydrogen-bond acceptors (Lipinski definition) is 2. The third-order valence-electron chi connectivity index (χ3n) is 2.91. The average molecular weight is 126 g/mol. The Hall–Kier alpha value is -0.0800. The molecule has 2 N–H and O–H groups in total. The van der Waals surface area contributed by atoms with E-state index in [-0.39, 0.29) is 0 Å². The number of likely N-dealkylation sites (tertiary alicyclic amines) is 1. The van der Waals surface area contributed by atoms with Gasteiger partial charge >= 0.3 is 0 Å². The maximum absolute atomic E-state index is 5.93. The summed E-state index contributed by atoms with van der Waals surface area (Å²) < 4.78 is 0. The number of rotatable bonds is 0. The zero-order valence-corrected chi connectivity index (χ0v) is 5.88. The van der Waals surface area contributed by atoms with E-state index in [1.54, 1.807) is 0 Å². The van der Waals surface area contributed by atoms with Crippen molar-refractivity contribution in [1.29, 1.82) is 0 Å². The third kappa shape index (κ3) is 0.634. The van der Waals surface area contributed by atoms with Crippen molar-refractivity contribution in [3.8, 4) is 0 Å². The molecule has 52 valence electrons. The summed E-state index contributed by atoms with van der Waals surface area (Å²) in [4.78, 5) is 2.40. The molecular weight excluding hydrogens is 112 g/mol. The summed E-state index contributed by atoms with van der Waals surface area (Å²) in [5, 5.41) is 0. The maximum Gasteiger partial charge on any atom is 0.0247 e.